The molecule has 0 amide bonds. The van der Waals surface area contributed by atoms with Crippen molar-refractivity contribution < 1.29 is 13.9 Å². The van der Waals surface area contributed by atoms with E-state index >= 15 is 0 Å². The van der Waals surface area contributed by atoms with Gasteiger partial charge in [-0.1, -0.05) is 6.07 Å². The van der Waals surface area contributed by atoms with Crippen LogP contribution >= 0.6 is 0 Å². The van der Waals surface area contributed by atoms with Gasteiger partial charge in [0.2, 0.25) is 0 Å². The maximum atomic E-state index is 13.6. The van der Waals surface area contributed by atoms with Gasteiger partial charge in [-0.3, -0.25) is 0 Å². The number of hydrogen-bond acceptors (Lipinski definition) is 4. The quantitative estimate of drug-likeness (QED) is 0.865. The first-order valence-electron chi connectivity index (χ1n) is 7.19. The number of benzene rings is 1. The molecule has 0 N–H and O–H groups in total. The normalized spacial score (nSPS) is 16.3. The fourth-order valence-electron chi connectivity index (χ4n) is 2.46. The highest BCUT2D eigenvalue weighted by atomic mass is 19.1. The number of pyridine rings is 1. The second-order valence-corrected chi connectivity index (χ2v) is 5.87. The summed E-state index contributed by atoms with van der Waals surface area (Å²) in [5.74, 6) is 1.68. The average Bonchev–Trinajstić information content (AvgIpc) is 2.48. The SMILES string of the molecule is COC1(C)CN(c2cc(Oc3ccc(C)c(F)c3)ccn2)C1. The molecule has 0 atom stereocenters. The standard InChI is InChI=1S/C17H19FN2O2/c1-12-4-5-13(8-15(12)18)22-14-6-7-19-16(9-14)20-10-17(2,11-20)21-3/h4-9H,10-11H2,1-3H3. The molecule has 0 saturated carbocycles. The molecule has 0 spiro atoms. The first-order chi connectivity index (χ1) is 10.5. The van der Waals surface area contributed by atoms with E-state index in [0.717, 1.165) is 18.9 Å². The number of anilines is 1. The van der Waals surface area contributed by atoms with Crippen LogP contribution in [0.5, 0.6) is 11.5 Å². The summed E-state index contributed by atoms with van der Waals surface area (Å²) in [6.07, 6.45) is 1.69. The summed E-state index contributed by atoms with van der Waals surface area (Å²) in [5.41, 5.74) is 0.487. The summed E-state index contributed by atoms with van der Waals surface area (Å²) in [6, 6.07) is 8.46. The van der Waals surface area contributed by atoms with E-state index in [0.29, 0.717) is 17.1 Å². The van der Waals surface area contributed by atoms with Crippen molar-refractivity contribution in [2.24, 2.45) is 0 Å². The third-order valence-corrected chi connectivity index (χ3v) is 3.96. The van der Waals surface area contributed by atoms with Crippen LogP contribution in [0.2, 0.25) is 0 Å². The Morgan fingerprint density at radius 2 is 1.91 bits per heavy atom. The highest BCUT2D eigenvalue weighted by molar-refractivity contribution is 5.48. The molecule has 4 nitrogen and oxygen atoms in total. The minimum Gasteiger partial charge on any atom is -0.457 e. The number of nitrogens with zero attached hydrogens (tertiary/aromatic N) is 2. The van der Waals surface area contributed by atoms with E-state index in [-0.39, 0.29) is 11.4 Å². The molecular formula is C17H19FN2O2. The van der Waals surface area contributed by atoms with Gasteiger partial charge >= 0.3 is 0 Å². The lowest BCUT2D eigenvalue weighted by Gasteiger charge is -2.47. The molecule has 116 valence electrons. The highest BCUT2D eigenvalue weighted by Crippen LogP contribution is 2.31. The van der Waals surface area contributed by atoms with Crippen LogP contribution in [0, 0.1) is 12.7 Å². The number of methoxy groups -OCH3 is 1. The zero-order chi connectivity index (χ0) is 15.7. The first kappa shape index (κ1) is 14.8. The Bertz CT molecular complexity index is 684. The molecule has 3 rings (SSSR count). The number of hydrogen-bond donors (Lipinski definition) is 0. The maximum Gasteiger partial charge on any atom is 0.132 e. The molecule has 0 bridgehead atoms. The maximum absolute atomic E-state index is 13.6. The van der Waals surface area contributed by atoms with Crippen molar-refractivity contribution in [3.05, 3.63) is 47.9 Å². The fourth-order valence-corrected chi connectivity index (χ4v) is 2.46. The van der Waals surface area contributed by atoms with E-state index < -0.39 is 0 Å². The Morgan fingerprint density at radius 1 is 1.18 bits per heavy atom. The second-order valence-electron chi connectivity index (χ2n) is 5.87. The number of aromatic nitrogens is 1. The van der Waals surface area contributed by atoms with Crippen LogP contribution in [-0.2, 0) is 4.74 Å². The molecule has 5 heteroatoms. The number of rotatable bonds is 4. The lowest BCUT2D eigenvalue weighted by atomic mass is 9.96. The van der Waals surface area contributed by atoms with Crippen LogP contribution in [0.15, 0.2) is 36.5 Å². The molecule has 2 heterocycles. The van der Waals surface area contributed by atoms with Gasteiger partial charge in [0.1, 0.15) is 23.1 Å². The molecule has 1 aliphatic rings. The van der Waals surface area contributed by atoms with Gasteiger partial charge in [-0.05, 0) is 31.5 Å². The highest BCUT2D eigenvalue weighted by Gasteiger charge is 2.39. The third-order valence-electron chi connectivity index (χ3n) is 3.96. The molecule has 1 fully saturated rings. The Kier molecular flexibility index (Phi) is 3.74. The van der Waals surface area contributed by atoms with Crippen molar-refractivity contribution in [1.82, 2.24) is 4.98 Å². The fraction of sp³-hybridized carbons (Fsp3) is 0.353. The molecule has 2 aromatic rings. The second kappa shape index (κ2) is 5.57. The van der Waals surface area contributed by atoms with E-state index in [4.69, 9.17) is 9.47 Å². The van der Waals surface area contributed by atoms with Crippen LogP contribution in [0.25, 0.3) is 0 Å². The summed E-state index contributed by atoms with van der Waals surface area (Å²) in [6.45, 7) is 5.37. The summed E-state index contributed by atoms with van der Waals surface area (Å²) >= 11 is 0. The van der Waals surface area contributed by atoms with Crippen molar-refractivity contribution in [3.8, 4) is 11.5 Å². The van der Waals surface area contributed by atoms with Crippen LogP contribution in [-0.4, -0.2) is 30.8 Å². The van der Waals surface area contributed by atoms with Crippen molar-refractivity contribution in [3.63, 3.8) is 0 Å². The number of ether oxygens (including phenoxy) is 2. The van der Waals surface area contributed by atoms with Crippen molar-refractivity contribution in [1.29, 1.82) is 0 Å². The summed E-state index contributed by atoms with van der Waals surface area (Å²) in [7, 11) is 1.72. The monoisotopic (exact) mass is 302 g/mol. The van der Waals surface area contributed by atoms with E-state index in [1.54, 1.807) is 38.4 Å². The Morgan fingerprint density at radius 3 is 2.59 bits per heavy atom. The smallest absolute Gasteiger partial charge is 0.132 e. The van der Waals surface area contributed by atoms with Crippen LogP contribution < -0.4 is 9.64 Å². The van der Waals surface area contributed by atoms with Crippen molar-refractivity contribution >= 4 is 5.82 Å². The molecule has 1 aromatic heterocycles. The largest absolute Gasteiger partial charge is 0.457 e. The first-order valence-corrected chi connectivity index (χ1v) is 7.19. The number of halogens is 1. The predicted molar refractivity (Wildman–Crippen MR) is 83.1 cm³/mol. The van der Waals surface area contributed by atoms with Gasteiger partial charge in [0.05, 0.1) is 5.60 Å². The lowest BCUT2D eigenvalue weighted by molar-refractivity contribution is -0.0171. The van der Waals surface area contributed by atoms with Gasteiger partial charge in [-0.15, -0.1) is 0 Å². The van der Waals surface area contributed by atoms with Crippen molar-refractivity contribution in [2.75, 3.05) is 25.1 Å². The van der Waals surface area contributed by atoms with Crippen LogP contribution in [0.1, 0.15) is 12.5 Å². The van der Waals surface area contributed by atoms with E-state index in [9.17, 15) is 4.39 Å². The van der Waals surface area contributed by atoms with Gasteiger partial charge in [0.15, 0.2) is 0 Å². The minimum absolute atomic E-state index is 0.112. The molecule has 22 heavy (non-hydrogen) atoms. The van der Waals surface area contributed by atoms with Gasteiger partial charge in [-0.2, -0.15) is 0 Å². The zero-order valence-electron chi connectivity index (χ0n) is 13.0. The Balaban J connectivity index is 1.73. The molecule has 0 unspecified atom stereocenters. The summed E-state index contributed by atoms with van der Waals surface area (Å²) in [4.78, 5) is 6.47. The molecule has 1 aliphatic heterocycles. The summed E-state index contributed by atoms with van der Waals surface area (Å²) < 4.78 is 24.7. The molecule has 1 saturated heterocycles. The van der Waals surface area contributed by atoms with Gasteiger partial charge in [0.25, 0.3) is 0 Å². The molecule has 1 aromatic carbocycles. The molecular weight excluding hydrogens is 283 g/mol. The number of aryl methyl sites for hydroxylation is 1. The Labute approximate surface area is 129 Å². The van der Waals surface area contributed by atoms with Crippen LogP contribution in [0.3, 0.4) is 0 Å². The Hall–Kier alpha value is -2.14. The molecule has 0 aliphatic carbocycles. The lowest BCUT2D eigenvalue weighted by Crippen LogP contribution is -2.61. The molecule has 0 radical (unpaired) electrons. The van der Waals surface area contributed by atoms with E-state index in [2.05, 4.69) is 16.8 Å². The zero-order valence-corrected chi connectivity index (χ0v) is 13.0. The minimum atomic E-state index is -0.273. The third kappa shape index (κ3) is 2.90. The van der Waals surface area contributed by atoms with Gasteiger partial charge in [0, 0.05) is 38.5 Å². The van der Waals surface area contributed by atoms with E-state index in [1.807, 2.05) is 6.07 Å². The van der Waals surface area contributed by atoms with Crippen molar-refractivity contribution in [2.45, 2.75) is 19.4 Å². The predicted octanol–water partition coefficient (Wildman–Crippen LogP) is 3.55. The average molecular weight is 302 g/mol. The van der Waals surface area contributed by atoms with Gasteiger partial charge in [-0.25, -0.2) is 9.37 Å². The van der Waals surface area contributed by atoms with Gasteiger partial charge < -0.3 is 14.4 Å². The summed E-state index contributed by atoms with van der Waals surface area (Å²) in [5, 5.41) is 0. The van der Waals surface area contributed by atoms with E-state index in [1.165, 1.54) is 6.07 Å². The topological polar surface area (TPSA) is 34.6 Å². The van der Waals surface area contributed by atoms with Crippen LogP contribution in [0.4, 0.5) is 10.2 Å².